The lowest BCUT2D eigenvalue weighted by Gasteiger charge is -2.11. The standard InChI is InChI=1S/C14H13ClN2O2/c1-9(18)17-10-4-2-5-11(8-10)19-14-12(15)6-3-7-13(14)16/h2-8H,16H2,1H3,(H,17,18). The highest BCUT2D eigenvalue weighted by atomic mass is 35.5. The summed E-state index contributed by atoms with van der Waals surface area (Å²) in [7, 11) is 0. The molecule has 0 saturated carbocycles. The van der Waals surface area contributed by atoms with E-state index in [2.05, 4.69) is 5.32 Å². The molecular weight excluding hydrogens is 264 g/mol. The summed E-state index contributed by atoms with van der Waals surface area (Å²) in [5.74, 6) is 0.810. The van der Waals surface area contributed by atoms with Crippen LogP contribution in [-0.4, -0.2) is 5.91 Å². The first-order valence-electron chi connectivity index (χ1n) is 5.66. The SMILES string of the molecule is CC(=O)Nc1cccc(Oc2c(N)cccc2Cl)c1. The number of hydrogen-bond acceptors (Lipinski definition) is 3. The van der Waals surface area contributed by atoms with E-state index in [9.17, 15) is 4.79 Å². The van der Waals surface area contributed by atoms with Gasteiger partial charge in [-0.3, -0.25) is 4.79 Å². The van der Waals surface area contributed by atoms with Crippen LogP contribution in [0.3, 0.4) is 0 Å². The average Bonchev–Trinajstić information content (AvgIpc) is 2.34. The summed E-state index contributed by atoms with van der Waals surface area (Å²) in [6.45, 7) is 1.44. The Balaban J connectivity index is 2.26. The fourth-order valence-corrected chi connectivity index (χ4v) is 1.81. The molecule has 0 aromatic heterocycles. The molecule has 5 heteroatoms. The minimum Gasteiger partial charge on any atom is -0.454 e. The van der Waals surface area contributed by atoms with Gasteiger partial charge in [0.05, 0.1) is 10.7 Å². The van der Waals surface area contributed by atoms with Crippen LogP contribution in [-0.2, 0) is 4.79 Å². The summed E-state index contributed by atoms with van der Waals surface area (Å²) in [5.41, 5.74) is 6.91. The molecule has 0 bridgehead atoms. The molecule has 0 unspecified atom stereocenters. The van der Waals surface area contributed by atoms with Gasteiger partial charge in [0.15, 0.2) is 5.75 Å². The first kappa shape index (κ1) is 13.2. The van der Waals surface area contributed by atoms with Gasteiger partial charge in [-0.1, -0.05) is 23.7 Å². The number of carbonyl (C=O) groups is 1. The first-order valence-corrected chi connectivity index (χ1v) is 6.03. The third-order valence-electron chi connectivity index (χ3n) is 2.37. The number of amides is 1. The molecule has 0 saturated heterocycles. The molecule has 0 radical (unpaired) electrons. The van der Waals surface area contributed by atoms with Gasteiger partial charge < -0.3 is 15.8 Å². The summed E-state index contributed by atoms with van der Waals surface area (Å²) in [6.07, 6.45) is 0. The van der Waals surface area contributed by atoms with Crippen molar-refractivity contribution in [1.29, 1.82) is 0 Å². The number of halogens is 1. The van der Waals surface area contributed by atoms with Gasteiger partial charge >= 0.3 is 0 Å². The number of nitrogens with one attached hydrogen (secondary N) is 1. The van der Waals surface area contributed by atoms with Crippen LogP contribution in [0.25, 0.3) is 0 Å². The third-order valence-corrected chi connectivity index (χ3v) is 2.67. The van der Waals surface area contributed by atoms with Crippen LogP contribution >= 0.6 is 11.6 Å². The van der Waals surface area contributed by atoms with Gasteiger partial charge in [0.25, 0.3) is 0 Å². The molecule has 0 atom stereocenters. The van der Waals surface area contributed by atoms with Gasteiger partial charge in [-0.05, 0) is 24.3 Å². The van der Waals surface area contributed by atoms with Gasteiger partial charge in [0, 0.05) is 18.7 Å². The number of ether oxygens (including phenoxy) is 1. The largest absolute Gasteiger partial charge is 0.454 e. The molecule has 2 rings (SSSR count). The third kappa shape index (κ3) is 3.39. The molecule has 0 aliphatic heterocycles. The topological polar surface area (TPSA) is 64.3 Å². The lowest BCUT2D eigenvalue weighted by molar-refractivity contribution is -0.114. The van der Waals surface area contributed by atoms with Crippen LogP contribution in [0, 0.1) is 0 Å². The number of rotatable bonds is 3. The van der Waals surface area contributed by atoms with E-state index in [1.54, 1.807) is 42.5 Å². The second-order valence-corrected chi connectivity index (χ2v) is 4.38. The maximum Gasteiger partial charge on any atom is 0.221 e. The molecule has 2 aromatic rings. The molecular formula is C14H13ClN2O2. The van der Waals surface area contributed by atoms with Crippen molar-refractivity contribution in [3.63, 3.8) is 0 Å². The van der Waals surface area contributed by atoms with E-state index < -0.39 is 0 Å². The highest BCUT2D eigenvalue weighted by Crippen LogP contribution is 2.35. The Morgan fingerprint density at radius 2 is 2.00 bits per heavy atom. The van der Waals surface area contributed by atoms with E-state index in [4.69, 9.17) is 22.1 Å². The molecule has 19 heavy (non-hydrogen) atoms. The number of carbonyl (C=O) groups excluding carboxylic acids is 1. The Morgan fingerprint density at radius 3 is 2.68 bits per heavy atom. The summed E-state index contributed by atoms with van der Waals surface area (Å²) >= 11 is 6.03. The van der Waals surface area contributed by atoms with Crippen molar-refractivity contribution in [3.05, 3.63) is 47.5 Å². The molecule has 0 fully saturated rings. The summed E-state index contributed by atoms with van der Waals surface area (Å²) in [5, 5.41) is 3.11. The molecule has 0 aliphatic rings. The summed E-state index contributed by atoms with van der Waals surface area (Å²) in [6, 6.07) is 12.2. The van der Waals surface area contributed by atoms with E-state index >= 15 is 0 Å². The van der Waals surface area contributed by atoms with Crippen molar-refractivity contribution in [1.82, 2.24) is 0 Å². The van der Waals surface area contributed by atoms with E-state index in [0.29, 0.717) is 27.9 Å². The lowest BCUT2D eigenvalue weighted by atomic mass is 10.2. The maximum atomic E-state index is 11.0. The number of nitrogens with two attached hydrogens (primary N) is 1. The van der Waals surface area contributed by atoms with Crippen LogP contribution < -0.4 is 15.8 Å². The van der Waals surface area contributed by atoms with Gasteiger partial charge in [-0.15, -0.1) is 0 Å². The van der Waals surface area contributed by atoms with Crippen molar-refractivity contribution >= 4 is 28.9 Å². The number of anilines is 2. The Kier molecular flexibility index (Phi) is 3.92. The highest BCUT2D eigenvalue weighted by molar-refractivity contribution is 6.32. The normalized spacial score (nSPS) is 10.0. The Morgan fingerprint density at radius 1 is 1.26 bits per heavy atom. The minimum atomic E-state index is -0.144. The fourth-order valence-electron chi connectivity index (χ4n) is 1.59. The van der Waals surface area contributed by atoms with Crippen LogP contribution in [0.5, 0.6) is 11.5 Å². The summed E-state index contributed by atoms with van der Waals surface area (Å²) < 4.78 is 5.65. The van der Waals surface area contributed by atoms with Crippen molar-refractivity contribution in [2.45, 2.75) is 6.92 Å². The van der Waals surface area contributed by atoms with Crippen molar-refractivity contribution in [2.75, 3.05) is 11.1 Å². The monoisotopic (exact) mass is 276 g/mol. The Labute approximate surface area is 116 Å². The van der Waals surface area contributed by atoms with E-state index in [0.717, 1.165) is 0 Å². The van der Waals surface area contributed by atoms with E-state index in [-0.39, 0.29) is 5.91 Å². The predicted molar refractivity (Wildman–Crippen MR) is 76.7 cm³/mol. The van der Waals surface area contributed by atoms with Crippen molar-refractivity contribution in [2.24, 2.45) is 0 Å². The van der Waals surface area contributed by atoms with Gasteiger partial charge in [0.1, 0.15) is 5.75 Å². The predicted octanol–water partition coefficient (Wildman–Crippen LogP) is 3.67. The Hall–Kier alpha value is -2.20. The molecule has 3 N–H and O–H groups in total. The van der Waals surface area contributed by atoms with E-state index in [1.807, 2.05) is 0 Å². The van der Waals surface area contributed by atoms with Crippen LogP contribution in [0.4, 0.5) is 11.4 Å². The zero-order chi connectivity index (χ0) is 13.8. The van der Waals surface area contributed by atoms with Gasteiger partial charge in [-0.2, -0.15) is 0 Å². The molecule has 2 aromatic carbocycles. The zero-order valence-electron chi connectivity index (χ0n) is 10.3. The highest BCUT2D eigenvalue weighted by Gasteiger charge is 2.07. The fraction of sp³-hybridized carbons (Fsp3) is 0.0714. The van der Waals surface area contributed by atoms with Gasteiger partial charge in [0.2, 0.25) is 5.91 Å². The number of benzene rings is 2. The number of hydrogen-bond donors (Lipinski definition) is 2. The average molecular weight is 277 g/mol. The Bertz CT molecular complexity index is 594. The smallest absolute Gasteiger partial charge is 0.221 e. The first-order chi connectivity index (χ1) is 9.06. The van der Waals surface area contributed by atoms with E-state index in [1.165, 1.54) is 6.92 Å². The number of nitrogen functional groups attached to an aromatic ring is 1. The molecule has 98 valence electrons. The van der Waals surface area contributed by atoms with Crippen LogP contribution in [0.15, 0.2) is 42.5 Å². The molecule has 4 nitrogen and oxygen atoms in total. The maximum absolute atomic E-state index is 11.0. The van der Waals surface area contributed by atoms with Crippen LogP contribution in [0.2, 0.25) is 5.02 Å². The van der Waals surface area contributed by atoms with Crippen LogP contribution in [0.1, 0.15) is 6.92 Å². The molecule has 0 heterocycles. The molecule has 1 amide bonds. The molecule has 0 spiro atoms. The zero-order valence-corrected chi connectivity index (χ0v) is 11.1. The van der Waals surface area contributed by atoms with Gasteiger partial charge in [-0.25, -0.2) is 0 Å². The number of para-hydroxylation sites is 1. The second-order valence-electron chi connectivity index (χ2n) is 3.97. The van der Waals surface area contributed by atoms with Crippen molar-refractivity contribution < 1.29 is 9.53 Å². The lowest BCUT2D eigenvalue weighted by Crippen LogP contribution is -2.05. The summed E-state index contributed by atoms with van der Waals surface area (Å²) in [4.78, 5) is 11.0. The van der Waals surface area contributed by atoms with Crippen molar-refractivity contribution in [3.8, 4) is 11.5 Å². The molecule has 0 aliphatic carbocycles. The quantitative estimate of drug-likeness (QED) is 0.841. The second kappa shape index (κ2) is 5.63. The minimum absolute atomic E-state index is 0.144.